The predicted octanol–water partition coefficient (Wildman–Crippen LogP) is 2.37. The standard InChI is InChI=1S/C12H12N2O3S2/c1-8(19-2)11(15)14(7-18)13-10-6-4-3-5-9(10)12(16)17/h3-7,13H,1H2,2H3,(H,16,17). The summed E-state index contributed by atoms with van der Waals surface area (Å²) in [5.41, 5.74) is 4.09. The van der Waals surface area contributed by atoms with E-state index in [9.17, 15) is 9.59 Å². The van der Waals surface area contributed by atoms with Crippen LogP contribution < -0.4 is 5.43 Å². The van der Waals surface area contributed by atoms with Crippen molar-refractivity contribution in [3.63, 3.8) is 0 Å². The molecule has 0 aliphatic heterocycles. The molecule has 1 amide bonds. The first-order valence-electron chi connectivity index (χ1n) is 5.12. The number of hydrogen-bond acceptors (Lipinski definition) is 5. The lowest BCUT2D eigenvalue weighted by atomic mass is 10.2. The third kappa shape index (κ3) is 3.80. The van der Waals surface area contributed by atoms with E-state index >= 15 is 0 Å². The van der Waals surface area contributed by atoms with Gasteiger partial charge in [0, 0.05) is 0 Å². The second kappa shape index (κ2) is 6.91. The van der Waals surface area contributed by atoms with Crippen LogP contribution in [0.4, 0.5) is 5.69 Å². The van der Waals surface area contributed by atoms with E-state index in [4.69, 9.17) is 17.3 Å². The molecule has 2 N–H and O–H groups in total. The zero-order valence-corrected chi connectivity index (χ0v) is 11.8. The summed E-state index contributed by atoms with van der Waals surface area (Å²) >= 11 is 5.93. The van der Waals surface area contributed by atoms with Gasteiger partial charge in [-0.3, -0.25) is 10.2 Å². The Labute approximate surface area is 120 Å². The summed E-state index contributed by atoms with van der Waals surface area (Å²) in [6.45, 7) is 3.59. The molecule has 7 heteroatoms. The van der Waals surface area contributed by atoms with Gasteiger partial charge in [0.2, 0.25) is 0 Å². The first-order chi connectivity index (χ1) is 9.01. The number of thioether (sulfide) groups is 1. The lowest BCUT2D eigenvalue weighted by molar-refractivity contribution is -0.121. The second-order valence-corrected chi connectivity index (χ2v) is 4.48. The molecule has 19 heavy (non-hydrogen) atoms. The number of rotatable bonds is 6. The fourth-order valence-electron chi connectivity index (χ4n) is 1.24. The molecule has 0 atom stereocenters. The number of amides is 1. The van der Waals surface area contributed by atoms with Gasteiger partial charge < -0.3 is 5.11 Å². The topological polar surface area (TPSA) is 69.6 Å². The number of aromatic carboxylic acids is 1. The fraction of sp³-hybridized carbons (Fsp3) is 0.0833. The summed E-state index contributed by atoms with van der Waals surface area (Å²) in [5.74, 6) is -1.52. The minimum atomic E-state index is -1.09. The molecule has 0 radical (unpaired) electrons. The Kier molecular flexibility index (Phi) is 5.53. The van der Waals surface area contributed by atoms with Crippen molar-refractivity contribution in [3.8, 4) is 0 Å². The van der Waals surface area contributed by atoms with Crippen LogP contribution in [0.3, 0.4) is 0 Å². The van der Waals surface area contributed by atoms with E-state index < -0.39 is 11.9 Å². The number of nitrogens with one attached hydrogen (secondary N) is 1. The number of hydrogen-bond donors (Lipinski definition) is 2. The Morgan fingerprint density at radius 1 is 1.47 bits per heavy atom. The summed E-state index contributed by atoms with van der Waals surface area (Å²) < 4.78 is 0. The van der Waals surface area contributed by atoms with Crippen LogP contribution in [0.1, 0.15) is 10.4 Å². The zero-order valence-electron chi connectivity index (χ0n) is 10.1. The quantitative estimate of drug-likeness (QED) is 0.477. The van der Waals surface area contributed by atoms with E-state index in [2.05, 4.69) is 12.0 Å². The average molecular weight is 296 g/mol. The molecule has 1 aromatic rings. The number of carbonyl (C=O) groups is 2. The molecule has 1 aromatic carbocycles. The van der Waals surface area contributed by atoms with Crippen molar-refractivity contribution < 1.29 is 14.7 Å². The van der Waals surface area contributed by atoms with Crippen molar-refractivity contribution in [1.29, 1.82) is 0 Å². The number of hydrazine groups is 1. The molecule has 0 aliphatic carbocycles. The van der Waals surface area contributed by atoms with Crippen molar-refractivity contribution in [1.82, 2.24) is 5.01 Å². The van der Waals surface area contributed by atoms with E-state index in [1.807, 2.05) is 0 Å². The molecule has 0 saturated carbocycles. The number of anilines is 1. The number of carboxylic acids is 1. The Bertz CT molecular complexity index is 531. The van der Waals surface area contributed by atoms with Gasteiger partial charge in [0.15, 0.2) is 0 Å². The minimum absolute atomic E-state index is 0.0481. The average Bonchev–Trinajstić information content (AvgIpc) is 2.43. The lowest BCUT2D eigenvalue weighted by Crippen LogP contribution is -2.35. The van der Waals surface area contributed by atoms with E-state index in [0.29, 0.717) is 4.91 Å². The van der Waals surface area contributed by atoms with Gasteiger partial charge in [-0.15, -0.1) is 11.8 Å². The SMILES string of the molecule is C=C(SC)C(=O)N(C=S)Nc1ccccc1C(=O)O. The Morgan fingerprint density at radius 3 is 2.63 bits per heavy atom. The molecule has 0 bridgehead atoms. The molecule has 1 rings (SSSR count). The monoisotopic (exact) mass is 296 g/mol. The van der Waals surface area contributed by atoms with Crippen molar-refractivity contribution in [2.45, 2.75) is 0 Å². The molecule has 0 heterocycles. The summed E-state index contributed by atoms with van der Waals surface area (Å²) in [6.07, 6.45) is 1.72. The van der Waals surface area contributed by atoms with Crippen LogP contribution in [0.5, 0.6) is 0 Å². The predicted molar refractivity (Wildman–Crippen MR) is 80.2 cm³/mol. The summed E-state index contributed by atoms with van der Waals surface area (Å²) in [5, 5.41) is 10.1. The number of thiocarbonyl (C=S) groups is 1. The van der Waals surface area contributed by atoms with Crippen LogP contribution in [-0.4, -0.2) is 33.7 Å². The van der Waals surface area contributed by atoms with Crippen LogP contribution in [0.2, 0.25) is 0 Å². The summed E-state index contributed by atoms with van der Waals surface area (Å²) in [4.78, 5) is 23.2. The van der Waals surface area contributed by atoms with Crippen molar-refractivity contribution in [2.75, 3.05) is 11.7 Å². The van der Waals surface area contributed by atoms with Gasteiger partial charge in [-0.25, -0.2) is 9.80 Å². The van der Waals surface area contributed by atoms with Crippen LogP contribution in [0.15, 0.2) is 35.7 Å². The highest BCUT2D eigenvalue weighted by molar-refractivity contribution is 8.03. The largest absolute Gasteiger partial charge is 0.478 e. The highest BCUT2D eigenvalue weighted by Gasteiger charge is 2.17. The van der Waals surface area contributed by atoms with E-state index in [-0.39, 0.29) is 11.3 Å². The van der Waals surface area contributed by atoms with Gasteiger partial charge >= 0.3 is 5.97 Å². The van der Waals surface area contributed by atoms with Gasteiger partial charge in [-0.2, -0.15) is 0 Å². The first kappa shape index (κ1) is 15.2. The van der Waals surface area contributed by atoms with Gasteiger partial charge in [0.1, 0.15) is 0 Å². The number of carboxylic acid groups (broad SMARTS) is 1. The van der Waals surface area contributed by atoms with E-state index in [1.54, 1.807) is 24.5 Å². The van der Waals surface area contributed by atoms with Gasteiger partial charge in [0.25, 0.3) is 5.91 Å². The summed E-state index contributed by atoms with van der Waals surface area (Å²) in [6, 6.07) is 6.23. The maximum atomic E-state index is 11.9. The van der Waals surface area contributed by atoms with Crippen LogP contribution >= 0.6 is 24.0 Å². The smallest absolute Gasteiger partial charge is 0.337 e. The second-order valence-electron chi connectivity index (χ2n) is 3.37. The molecule has 0 unspecified atom stereocenters. The Balaban J connectivity index is 3.00. The van der Waals surface area contributed by atoms with Crippen LogP contribution in [-0.2, 0) is 4.79 Å². The van der Waals surface area contributed by atoms with Crippen molar-refractivity contribution in [3.05, 3.63) is 41.3 Å². The molecule has 0 saturated heterocycles. The molecular weight excluding hydrogens is 284 g/mol. The van der Waals surface area contributed by atoms with E-state index in [1.165, 1.54) is 17.8 Å². The van der Waals surface area contributed by atoms with Crippen LogP contribution in [0, 0.1) is 0 Å². The van der Waals surface area contributed by atoms with E-state index in [0.717, 1.165) is 10.5 Å². The van der Waals surface area contributed by atoms with Gasteiger partial charge in [-0.05, 0) is 18.4 Å². The number of carbonyl (C=O) groups excluding carboxylic acids is 1. The number of nitrogens with zero attached hydrogens (tertiary/aromatic N) is 1. The summed E-state index contributed by atoms with van der Waals surface area (Å²) in [7, 11) is 0. The molecular formula is C12H12N2O3S2. The Morgan fingerprint density at radius 2 is 2.11 bits per heavy atom. The van der Waals surface area contributed by atoms with Crippen molar-refractivity contribution >= 4 is 47.0 Å². The van der Waals surface area contributed by atoms with Gasteiger partial charge in [0.05, 0.1) is 21.6 Å². The number of benzene rings is 1. The number of para-hydroxylation sites is 1. The first-order valence-corrected chi connectivity index (χ1v) is 6.81. The normalized spacial score (nSPS) is 9.53. The molecule has 0 aliphatic rings. The molecule has 0 spiro atoms. The minimum Gasteiger partial charge on any atom is -0.478 e. The third-order valence-electron chi connectivity index (χ3n) is 2.21. The molecule has 0 aromatic heterocycles. The van der Waals surface area contributed by atoms with Crippen molar-refractivity contribution in [2.24, 2.45) is 0 Å². The lowest BCUT2D eigenvalue weighted by Gasteiger charge is -2.20. The highest BCUT2D eigenvalue weighted by atomic mass is 32.2. The molecule has 0 fully saturated rings. The molecule has 5 nitrogen and oxygen atoms in total. The maximum absolute atomic E-state index is 11.9. The van der Waals surface area contributed by atoms with Gasteiger partial charge in [-0.1, -0.05) is 30.9 Å². The molecule has 100 valence electrons. The van der Waals surface area contributed by atoms with Crippen LogP contribution in [0.25, 0.3) is 0 Å². The maximum Gasteiger partial charge on any atom is 0.337 e. The third-order valence-corrected chi connectivity index (χ3v) is 3.09. The zero-order chi connectivity index (χ0) is 14.4. The highest BCUT2D eigenvalue weighted by Crippen LogP contribution is 2.17. The fourth-order valence-corrected chi connectivity index (χ4v) is 1.66. The Hall–Kier alpha value is -1.86.